The Labute approximate surface area is 207 Å². The number of carbonyl (C=O) groups is 1. The Balaban J connectivity index is 1.28. The molecule has 182 valence electrons. The molecule has 2 aromatic carbocycles. The number of rotatable bonds is 4. The van der Waals surface area contributed by atoms with Crippen molar-refractivity contribution >= 4 is 22.5 Å². The second-order valence-corrected chi connectivity index (χ2v) is 10.3. The van der Waals surface area contributed by atoms with Gasteiger partial charge in [-0.05, 0) is 49.6 Å². The summed E-state index contributed by atoms with van der Waals surface area (Å²) < 4.78 is 0. The quantitative estimate of drug-likeness (QED) is 0.613. The van der Waals surface area contributed by atoms with E-state index in [1.807, 2.05) is 17.2 Å². The van der Waals surface area contributed by atoms with Crippen LogP contribution in [0.4, 0.5) is 5.69 Å². The molecule has 3 unspecified atom stereocenters. The first-order chi connectivity index (χ1) is 17.1. The number of para-hydroxylation sites is 1. The molecule has 6 rings (SSSR count). The summed E-state index contributed by atoms with van der Waals surface area (Å²) in [5, 5.41) is 11.9. The van der Waals surface area contributed by atoms with Gasteiger partial charge in [-0.3, -0.25) is 14.7 Å². The molecular weight excluding hydrogens is 436 g/mol. The lowest BCUT2D eigenvalue weighted by Gasteiger charge is -2.37. The van der Waals surface area contributed by atoms with Crippen molar-refractivity contribution in [2.45, 2.75) is 57.3 Å². The van der Waals surface area contributed by atoms with Gasteiger partial charge in [-0.2, -0.15) is 0 Å². The minimum Gasteiger partial charge on any atom is -0.391 e. The molecule has 3 aliphatic rings. The molecule has 6 nitrogen and oxygen atoms in total. The smallest absolute Gasteiger partial charge is 0.255 e. The van der Waals surface area contributed by atoms with Gasteiger partial charge < -0.3 is 14.9 Å². The second kappa shape index (κ2) is 9.25. The van der Waals surface area contributed by atoms with Crippen LogP contribution in [0.1, 0.15) is 60.1 Å². The van der Waals surface area contributed by atoms with E-state index < -0.39 is 6.10 Å². The lowest BCUT2D eigenvalue weighted by Crippen LogP contribution is -2.46. The van der Waals surface area contributed by atoms with Gasteiger partial charge in [0.2, 0.25) is 0 Å². The summed E-state index contributed by atoms with van der Waals surface area (Å²) in [4.78, 5) is 25.4. The van der Waals surface area contributed by atoms with Crippen molar-refractivity contribution in [3.05, 3.63) is 71.4 Å². The molecule has 2 aliphatic heterocycles. The minimum atomic E-state index is -0.441. The standard InChI is InChI=1S/C29H34N4O2/c1-20-27-24(29(35)33(20)25-11-5-6-12-26(25)34)18-21(23-10-7-13-30-28(23)27)19-31-14-16-32(17-15-31)22-8-3-2-4-9-22/h2-4,7-10,13,18,20,25-26,34H,5-6,11-12,14-17,19H2,1H3. The van der Waals surface area contributed by atoms with E-state index in [1.54, 1.807) is 0 Å². The summed E-state index contributed by atoms with van der Waals surface area (Å²) in [6, 6.07) is 16.7. The van der Waals surface area contributed by atoms with Gasteiger partial charge in [0.25, 0.3) is 5.91 Å². The van der Waals surface area contributed by atoms with Crippen LogP contribution in [0.25, 0.3) is 10.9 Å². The Morgan fingerprint density at radius 2 is 1.77 bits per heavy atom. The number of anilines is 1. The van der Waals surface area contributed by atoms with Gasteiger partial charge in [0.1, 0.15) is 0 Å². The Morgan fingerprint density at radius 1 is 1.00 bits per heavy atom. The number of aromatic nitrogens is 1. The SMILES string of the molecule is CC1c2c(cc(CN3CCN(c4ccccc4)CC3)c3cccnc23)C(=O)N1C1CCCCC1O. The number of pyridine rings is 1. The molecule has 1 aliphatic carbocycles. The molecule has 0 spiro atoms. The Morgan fingerprint density at radius 3 is 2.54 bits per heavy atom. The molecule has 2 fully saturated rings. The molecular formula is C29H34N4O2. The third-order valence-corrected chi connectivity index (χ3v) is 8.26. The molecule has 3 atom stereocenters. The van der Waals surface area contributed by atoms with Crippen LogP contribution in [-0.4, -0.2) is 64.1 Å². The molecule has 1 saturated heterocycles. The molecule has 1 N–H and O–H groups in total. The van der Waals surface area contributed by atoms with Crippen molar-refractivity contribution in [1.29, 1.82) is 0 Å². The average molecular weight is 471 g/mol. The largest absolute Gasteiger partial charge is 0.391 e. The van der Waals surface area contributed by atoms with Gasteiger partial charge in [0, 0.05) is 61.1 Å². The highest BCUT2D eigenvalue weighted by Crippen LogP contribution is 2.42. The zero-order valence-electron chi connectivity index (χ0n) is 20.4. The van der Waals surface area contributed by atoms with Crippen molar-refractivity contribution < 1.29 is 9.90 Å². The number of hydrogen-bond acceptors (Lipinski definition) is 5. The van der Waals surface area contributed by atoms with Crippen molar-refractivity contribution in [1.82, 2.24) is 14.8 Å². The van der Waals surface area contributed by atoms with Crippen LogP contribution < -0.4 is 4.90 Å². The molecule has 1 saturated carbocycles. The van der Waals surface area contributed by atoms with E-state index in [0.29, 0.717) is 0 Å². The van der Waals surface area contributed by atoms with E-state index in [9.17, 15) is 9.90 Å². The number of hydrogen-bond donors (Lipinski definition) is 1. The number of aliphatic hydroxyl groups excluding tert-OH is 1. The molecule has 3 heterocycles. The average Bonchev–Trinajstić information content (AvgIpc) is 3.15. The minimum absolute atomic E-state index is 0.0566. The van der Waals surface area contributed by atoms with Gasteiger partial charge >= 0.3 is 0 Å². The molecule has 6 heteroatoms. The second-order valence-electron chi connectivity index (χ2n) is 10.3. The van der Waals surface area contributed by atoms with E-state index >= 15 is 0 Å². The monoisotopic (exact) mass is 470 g/mol. The van der Waals surface area contributed by atoms with Crippen LogP contribution in [0.2, 0.25) is 0 Å². The fraction of sp³-hybridized carbons (Fsp3) is 0.448. The molecule has 0 bridgehead atoms. The van der Waals surface area contributed by atoms with E-state index in [2.05, 4.69) is 59.2 Å². The number of aliphatic hydroxyl groups is 1. The number of nitrogens with zero attached hydrogens (tertiary/aromatic N) is 4. The van der Waals surface area contributed by atoms with E-state index in [-0.39, 0.29) is 18.0 Å². The number of fused-ring (bicyclic) bond motifs is 3. The summed E-state index contributed by atoms with van der Waals surface area (Å²) in [5.74, 6) is 0.0566. The topological polar surface area (TPSA) is 59.9 Å². The first-order valence-electron chi connectivity index (χ1n) is 13.1. The summed E-state index contributed by atoms with van der Waals surface area (Å²) in [7, 11) is 0. The third kappa shape index (κ3) is 3.99. The highest BCUT2D eigenvalue weighted by molar-refractivity contribution is 6.05. The van der Waals surface area contributed by atoms with Crippen molar-refractivity contribution in [2.24, 2.45) is 0 Å². The van der Waals surface area contributed by atoms with Gasteiger partial charge in [-0.25, -0.2) is 0 Å². The molecule has 1 amide bonds. The summed E-state index contributed by atoms with van der Waals surface area (Å²) in [5.41, 5.74) is 5.20. The maximum Gasteiger partial charge on any atom is 0.255 e. The van der Waals surface area contributed by atoms with E-state index in [1.165, 1.54) is 11.3 Å². The molecule has 3 aromatic rings. The van der Waals surface area contributed by atoms with Gasteiger partial charge in [-0.1, -0.05) is 37.1 Å². The van der Waals surface area contributed by atoms with Crippen LogP contribution in [-0.2, 0) is 6.54 Å². The summed E-state index contributed by atoms with van der Waals surface area (Å²) in [6.45, 7) is 6.87. The number of carbonyl (C=O) groups excluding carboxylic acids is 1. The zero-order chi connectivity index (χ0) is 23.9. The maximum absolute atomic E-state index is 13.7. The first kappa shape index (κ1) is 22.5. The Kier molecular flexibility index (Phi) is 5.94. The van der Waals surface area contributed by atoms with E-state index in [0.717, 1.165) is 80.4 Å². The fourth-order valence-electron chi connectivity index (χ4n) is 6.42. The van der Waals surface area contributed by atoms with Gasteiger partial charge in [0.05, 0.1) is 23.7 Å². The first-order valence-corrected chi connectivity index (χ1v) is 13.1. The van der Waals surface area contributed by atoms with Crippen molar-refractivity contribution in [3.8, 4) is 0 Å². The van der Waals surface area contributed by atoms with Crippen LogP contribution in [0.5, 0.6) is 0 Å². The Hall–Kier alpha value is -2.96. The van der Waals surface area contributed by atoms with Crippen LogP contribution >= 0.6 is 0 Å². The van der Waals surface area contributed by atoms with Gasteiger partial charge in [0.15, 0.2) is 0 Å². The Bertz CT molecular complexity index is 1220. The molecule has 0 radical (unpaired) electrons. The van der Waals surface area contributed by atoms with Crippen molar-refractivity contribution in [3.63, 3.8) is 0 Å². The van der Waals surface area contributed by atoms with Gasteiger partial charge in [-0.15, -0.1) is 0 Å². The highest BCUT2D eigenvalue weighted by Gasteiger charge is 2.43. The van der Waals surface area contributed by atoms with Crippen molar-refractivity contribution in [2.75, 3.05) is 31.1 Å². The highest BCUT2D eigenvalue weighted by atomic mass is 16.3. The van der Waals surface area contributed by atoms with Crippen LogP contribution in [0.3, 0.4) is 0 Å². The fourth-order valence-corrected chi connectivity index (χ4v) is 6.42. The predicted molar refractivity (Wildman–Crippen MR) is 139 cm³/mol. The lowest BCUT2D eigenvalue weighted by atomic mass is 9.90. The van der Waals surface area contributed by atoms with Crippen LogP contribution in [0, 0.1) is 0 Å². The van der Waals surface area contributed by atoms with E-state index in [4.69, 9.17) is 4.98 Å². The number of amides is 1. The predicted octanol–water partition coefficient (Wildman–Crippen LogP) is 4.38. The molecule has 35 heavy (non-hydrogen) atoms. The maximum atomic E-state index is 13.7. The lowest BCUT2D eigenvalue weighted by molar-refractivity contribution is 0.00975. The normalized spacial score (nSPS) is 25.3. The zero-order valence-corrected chi connectivity index (χ0v) is 20.4. The number of piperazine rings is 1. The number of benzene rings is 2. The van der Waals surface area contributed by atoms with Crippen LogP contribution in [0.15, 0.2) is 54.7 Å². The third-order valence-electron chi connectivity index (χ3n) is 8.26. The molecule has 1 aromatic heterocycles. The summed E-state index contributed by atoms with van der Waals surface area (Å²) >= 11 is 0. The summed E-state index contributed by atoms with van der Waals surface area (Å²) in [6.07, 6.45) is 5.14.